The lowest BCUT2D eigenvalue weighted by molar-refractivity contribution is 0.102. The van der Waals surface area contributed by atoms with Gasteiger partial charge in [0, 0.05) is 36.3 Å². The Kier molecular flexibility index (Phi) is 6.41. The zero-order valence-electron chi connectivity index (χ0n) is 17.9. The molecule has 164 valence electrons. The van der Waals surface area contributed by atoms with Crippen LogP contribution in [0.2, 0.25) is 0 Å². The first-order valence-corrected chi connectivity index (χ1v) is 11.1. The van der Waals surface area contributed by atoms with Crippen molar-refractivity contribution >= 4 is 28.4 Å². The third-order valence-electron chi connectivity index (χ3n) is 5.08. The Morgan fingerprint density at radius 1 is 1.22 bits per heavy atom. The molecule has 8 heteroatoms. The average molecular weight is 451 g/mol. The number of halogens is 1. The predicted molar refractivity (Wildman–Crippen MR) is 124 cm³/mol. The van der Waals surface area contributed by atoms with Gasteiger partial charge in [-0.2, -0.15) is 0 Å². The van der Waals surface area contributed by atoms with E-state index in [0.29, 0.717) is 28.8 Å². The van der Waals surface area contributed by atoms with Crippen LogP contribution in [0.25, 0.3) is 10.9 Å². The molecule has 6 nitrogen and oxygen atoms in total. The van der Waals surface area contributed by atoms with Crippen molar-refractivity contribution in [2.75, 3.05) is 5.75 Å². The number of allylic oxidation sites excluding steroid dienone is 1. The first kappa shape index (κ1) is 21.8. The summed E-state index contributed by atoms with van der Waals surface area (Å²) in [4.78, 5) is 13.0. The molecule has 0 aliphatic carbocycles. The van der Waals surface area contributed by atoms with Crippen LogP contribution in [0, 0.1) is 5.82 Å². The Hall–Kier alpha value is -3.39. The van der Waals surface area contributed by atoms with Gasteiger partial charge >= 0.3 is 0 Å². The fourth-order valence-electron chi connectivity index (χ4n) is 3.55. The second-order valence-corrected chi connectivity index (χ2v) is 8.28. The van der Waals surface area contributed by atoms with Gasteiger partial charge in [0.1, 0.15) is 11.6 Å². The number of aryl methyl sites for hydroxylation is 1. The molecule has 0 spiro atoms. The zero-order valence-corrected chi connectivity index (χ0v) is 18.7. The van der Waals surface area contributed by atoms with Crippen LogP contribution in [-0.4, -0.2) is 30.9 Å². The molecule has 4 rings (SSSR count). The fourth-order valence-corrected chi connectivity index (χ4v) is 4.39. The normalized spacial score (nSPS) is 12.1. The van der Waals surface area contributed by atoms with Crippen LogP contribution in [0.4, 0.5) is 4.39 Å². The number of Topliss-reactive ketones (excluding diaryl/α,β-unsaturated/α-hetero) is 1. The van der Waals surface area contributed by atoms with Crippen LogP contribution >= 0.6 is 11.8 Å². The number of hydrogen-bond acceptors (Lipinski definition) is 5. The van der Waals surface area contributed by atoms with E-state index in [1.54, 1.807) is 18.2 Å². The van der Waals surface area contributed by atoms with Crippen molar-refractivity contribution < 1.29 is 13.9 Å². The Labute approximate surface area is 189 Å². The van der Waals surface area contributed by atoms with Crippen LogP contribution in [0.3, 0.4) is 0 Å². The molecule has 0 radical (unpaired) electrons. The Bertz CT molecular complexity index is 1260. The second-order valence-electron chi connectivity index (χ2n) is 7.34. The molecule has 0 amide bonds. The summed E-state index contributed by atoms with van der Waals surface area (Å²) in [5.74, 6) is 1.07. The quantitative estimate of drug-likeness (QED) is 0.199. The summed E-state index contributed by atoms with van der Waals surface area (Å²) < 4.78 is 22.9. The van der Waals surface area contributed by atoms with E-state index in [4.69, 9.17) is 4.74 Å². The van der Waals surface area contributed by atoms with Crippen molar-refractivity contribution in [2.24, 2.45) is 7.05 Å². The van der Waals surface area contributed by atoms with E-state index in [-0.39, 0.29) is 17.4 Å². The van der Waals surface area contributed by atoms with E-state index < -0.39 is 6.10 Å². The summed E-state index contributed by atoms with van der Waals surface area (Å²) in [7, 11) is 1.93. The van der Waals surface area contributed by atoms with E-state index >= 15 is 0 Å². The van der Waals surface area contributed by atoms with Crippen molar-refractivity contribution in [1.29, 1.82) is 0 Å². The van der Waals surface area contributed by atoms with Crippen LogP contribution in [0.5, 0.6) is 5.75 Å². The monoisotopic (exact) mass is 450 g/mol. The second kappa shape index (κ2) is 9.40. The average Bonchev–Trinajstić information content (AvgIpc) is 3.35. The summed E-state index contributed by atoms with van der Waals surface area (Å²) in [6.07, 6.45) is 3.19. The van der Waals surface area contributed by atoms with Gasteiger partial charge in [0.05, 0.1) is 5.75 Å². The minimum Gasteiger partial charge on any atom is -0.483 e. The topological polar surface area (TPSA) is 61.9 Å². The number of carbonyl (C=O) groups is 1. The van der Waals surface area contributed by atoms with Gasteiger partial charge in [-0.15, -0.1) is 16.8 Å². The van der Waals surface area contributed by atoms with Crippen molar-refractivity contribution in [3.05, 3.63) is 84.6 Å². The highest BCUT2D eigenvalue weighted by molar-refractivity contribution is 7.99. The maximum Gasteiger partial charge on any atom is 0.192 e. The minimum atomic E-state index is -0.420. The highest BCUT2D eigenvalue weighted by Crippen LogP contribution is 2.27. The zero-order chi connectivity index (χ0) is 22.7. The number of hydrogen-bond donors (Lipinski definition) is 0. The van der Waals surface area contributed by atoms with Gasteiger partial charge in [0.2, 0.25) is 0 Å². The molecule has 0 aliphatic rings. The lowest BCUT2D eigenvalue weighted by Crippen LogP contribution is -2.12. The molecule has 2 heterocycles. The van der Waals surface area contributed by atoms with Crippen molar-refractivity contribution in [2.45, 2.75) is 24.7 Å². The van der Waals surface area contributed by atoms with Crippen molar-refractivity contribution in [3.8, 4) is 5.75 Å². The number of thioether (sulfide) groups is 1. The fraction of sp³-hybridized carbons (Fsp3) is 0.208. The summed E-state index contributed by atoms with van der Waals surface area (Å²) >= 11 is 1.33. The molecule has 1 atom stereocenters. The van der Waals surface area contributed by atoms with Gasteiger partial charge in [-0.3, -0.25) is 9.36 Å². The number of para-hydroxylation sites is 1. The molecule has 0 bridgehead atoms. The van der Waals surface area contributed by atoms with Crippen LogP contribution < -0.4 is 4.74 Å². The summed E-state index contributed by atoms with van der Waals surface area (Å²) in [5.41, 5.74) is 1.71. The van der Waals surface area contributed by atoms with Crippen LogP contribution in [0.15, 0.2) is 72.5 Å². The number of aromatic nitrogens is 4. The van der Waals surface area contributed by atoms with Gasteiger partial charge < -0.3 is 9.30 Å². The molecular weight excluding hydrogens is 427 g/mol. The molecule has 1 unspecified atom stereocenters. The number of ketones is 1. The molecule has 0 saturated carbocycles. The summed E-state index contributed by atoms with van der Waals surface area (Å²) in [6.45, 7) is 6.14. The van der Waals surface area contributed by atoms with Crippen LogP contribution in [0.1, 0.15) is 29.2 Å². The van der Waals surface area contributed by atoms with Crippen LogP contribution in [-0.2, 0) is 13.6 Å². The van der Waals surface area contributed by atoms with Gasteiger partial charge in [-0.25, -0.2) is 4.39 Å². The van der Waals surface area contributed by atoms with E-state index in [0.717, 1.165) is 10.9 Å². The van der Waals surface area contributed by atoms with Crippen molar-refractivity contribution in [1.82, 2.24) is 19.3 Å². The maximum atomic E-state index is 13.2. The van der Waals surface area contributed by atoms with Gasteiger partial charge in [-0.05, 0) is 37.3 Å². The van der Waals surface area contributed by atoms with Gasteiger partial charge in [0.15, 0.2) is 22.9 Å². The highest BCUT2D eigenvalue weighted by Gasteiger charge is 2.21. The van der Waals surface area contributed by atoms with Crippen molar-refractivity contribution in [3.63, 3.8) is 0 Å². The third-order valence-corrected chi connectivity index (χ3v) is 6.04. The Morgan fingerprint density at radius 2 is 1.97 bits per heavy atom. The lowest BCUT2D eigenvalue weighted by Gasteiger charge is -2.15. The van der Waals surface area contributed by atoms with Gasteiger partial charge in [-0.1, -0.05) is 36.0 Å². The lowest BCUT2D eigenvalue weighted by atomic mass is 10.1. The maximum absolute atomic E-state index is 13.2. The smallest absolute Gasteiger partial charge is 0.192 e. The molecule has 0 fully saturated rings. The number of carbonyl (C=O) groups excluding carboxylic acids is 1. The molecular formula is C24H23FN4O2S. The van der Waals surface area contributed by atoms with E-state index in [2.05, 4.69) is 16.8 Å². The number of nitrogens with zero attached hydrogens (tertiary/aromatic N) is 4. The molecule has 2 aromatic carbocycles. The van der Waals surface area contributed by atoms with Gasteiger partial charge in [0.25, 0.3) is 0 Å². The van der Waals surface area contributed by atoms with E-state index in [9.17, 15) is 9.18 Å². The third kappa shape index (κ3) is 4.45. The standard InChI is InChI=1S/C24H23FN4O2S/c1-4-13-29-23(16(2)31-18-11-9-17(25)10-12-18)26-27-24(29)32-15-22(30)20-14-28(3)21-8-6-5-7-19(20)21/h4-12,14,16H,1,13,15H2,2-3H3. The first-order chi connectivity index (χ1) is 15.5. The minimum absolute atomic E-state index is 0.0251. The SMILES string of the molecule is C=CCn1c(SCC(=O)c2cn(C)c3ccccc23)nnc1C(C)Oc1ccc(F)cc1. The number of rotatable bonds is 9. The highest BCUT2D eigenvalue weighted by atomic mass is 32.2. The summed E-state index contributed by atoms with van der Waals surface area (Å²) in [5, 5.41) is 10.1. The Balaban J connectivity index is 1.51. The van der Waals surface area contributed by atoms with E-state index in [1.165, 1.54) is 23.9 Å². The first-order valence-electron chi connectivity index (χ1n) is 10.1. The summed E-state index contributed by atoms with van der Waals surface area (Å²) in [6, 6.07) is 13.7. The number of ether oxygens (including phenoxy) is 1. The molecule has 0 N–H and O–H groups in total. The molecule has 4 aromatic rings. The molecule has 32 heavy (non-hydrogen) atoms. The molecule has 2 aromatic heterocycles. The Morgan fingerprint density at radius 3 is 2.72 bits per heavy atom. The van der Waals surface area contributed by atoms with E-state index in [1.807, 2.05) is 53.6 Å². The molecule has 0 saturated heterocycles. The number of fused-ring (bicyclic) bond motifs is 1. The predicted octanol–water partition coefficient (Wildman–Crippen LogP) is 5.21. The largest absolute Gasteiger partial charge is 0.483 e. The number of benzene rings is 2. The molecule has 0 aliphatic heterocycles.